The maximum Gasteiger partial charge on any atom is 0.223 e. The van der Waals surface area contributed by atoms with Gasteiger partial charge in [-0.2, -0.15) is 0 Å². The number of carbonyl (C=O) groups excluding carboxylic acids is 2. The van der Waals surface area contributed by atoms with Crippen molar-refractivity contribution in [2.45, 2.75) is 69.2 Å². The van der Waals surface area contributed by atoms with Crippen LogP contribution in [0.15, 0.2) is 12.2 Å². The van der Waals surface area contributed by atoms with Gasteiger partial charge in [0.25, 0.3) is 0 Å². The summed E-state index contributed by atoms with van der Waals surface area (Å²) in [5.74, 6) is 0.126. The summed E-state index contributed by atoms with van der Waals surface area (Å²) in [6, 6.07) is -0.00253. The van der Waals surface area contributed by atoms with Gasteiger partial charge in [-0.05, 0) is 32.1 Å². The van der Waals surface area contributed by atoms with Gasteiger partial charge in [-0.3, -0.25) is 9.59 Å². The molecule has 6 nitrogen and oxygen atoms in total. The molecule has 2 amide bonds. The van der Waals surface area contributed by atoms with Gasteiger partial charge in [0.05, 0.1) is 25.2 Å². The zero-order valence-corrected chi connectivity index (χ0v) is 13.4. The summed E-state index contributed by atoms with van der Waals surface area (Å²) in [6.07, 6.45) is 9.37. The molecule has 0 bridgehead atoms. The Morgan fingerprint density at radius 2 is 1.83 bits per heavy atom. The molecule has 0 aromatic heterocycles. The third kappa shape index (κ3) is 4.12. The van der Waals surface area contributed by atoms with Gasteiger partial charge in [-0.1, -0.05) is 18.6 Å². The molecule has 128 valence electrons. The van der Waals surface area contributed by atoms with Crippen LogP contribution >= 0.6 is 0 Å². The van der Waals surface area contributed by atoms with E-state index in [4.69, 9.17) is 4.74 Å². The number of hydrogen-bond donors (Lipinski definition) is 3. The predicted molar refractivity (Wildman–Crippen MR) is 84.6 cm³/mol. The average molecular weight is 322 g/mol. The fraction of sp³-hybridized carbons (Fsp3) is 0.765. The number of hydrogen-bond acceptors (Lipinski definition) is 4. The van der Waals surface area contributed by atoms with Gasteiger partial charge >= 0.3 is 0 Å². The summed E-state index contributed by atoms with van der Waals surface area (Å²) in [5, 5.41) is 15.4. The fourth-order valence-electron chi connectivity index (χ4n) is 3.11. The molecule has 0 saturated heterocycles. The molecule has 2 aliphatic carbocycles. The third-order valence-electron chi connectivity index (χ3n) is 5.10. The number of nitrogens with one attached hydrogen (secondary N) is 2. The molecule has 0 unspecified atom stereocenters. The van der Waals surface area contributed by atoms with E-state index in [0.29, 0.717) is 6.04 Å². The number of amides is 2. The molecule has 1 aliphatic heterocycles. The highest BCUT2D eigenvalue weighted by molar-refractivity contribution is 5.80. The van der Waals surface area contributed by atoms with Crippen LogP contribution < -0.4 is 10.6 Å². The Morgan fingerprint density at radius 1 is 1.09 bits per heavy atom. The van der Waals surface area contributed by atoms with Crippen molar-refractivity contribution in [3.63, 3.8) is 0 Å². The van der Waals surface area contributed by atoms with Gasteiger partial charge in [0, 0.05) is 12.0 Å². The van der Waals surface area contributed by atoms with Gasteiger partial charge in [0.15, 0.2) is 0 Å². The molecule has 2 fully saturated rings. The lowest BCUT2D eigenvalue weighted by molar-refractivity contribution is -0.132. The normalized spacial score (nSPS) is 31.1. The zero-order chi connectivity index (χ0) is 16.2. The molecule has 3 rings (SSSR count). The first-order valence-corrected chi connectivity index (χ1v) is 8.70. The summed E-state index contributed by atoms with van der Waals surface area (Å²) in [5.41, 5.74) is 0. The molecule has 0 aromatic carbocycles. The maximum atomic E-state index is 12.0. The molecule has 0 radical (unpaired) electrons. The number of ether oxygens (including phenoxy) is 1. The van der Waals surface area contributed by atoms with Crippen LogP contribution in [-0.2, 0) is 14.3 Å². The van der Waals surface area contributed by atoms with Crippen molar-refractivity contribution in [2.75, 3.05) is 6.61 Å². The van der Waals surface area contributed by atoms with Crippen molar-refractivity contribution >= 4 is 11.8 Å². The summed E-state index contributed by atoms with van der Waals surface area (Å²) in [7, 11) is 0. The molecule has 0 aromatic rings. The van der Waals surface area contributed by atoms with Crippen LogP contribution in [0.5, 0.6) is 0 Å². The minimum atomic E-state index is -0.495. The SMILES string of the molecule is O=C(C[C@H]1C=C[C@H](NC(=O)C2CCC2)[C@@H](CO)O1)NC1CCC1. The van der Waals surface area contributed by atoms with Crippen LogP contribution in [0.25, 0.3) is 0 Å². The smallest absolute Gasteiger partial charge is 0.223 e. The Hall–Kier alpha value is -1.40. The molecule has 1 heterocycles. The van der Waals surface area contributed by atoms with Gasteiger partial charge in [-0.25, -0.2) is 0 Å². The summed E-state index contributed by atoms with van der Waals surface area (Å²) < 4.78 is 5.77. The first kappa shape index (κ1) is 16.5. The second-order valence-electron chi connectivity index (χ2n) is 6.84. The number of rotatable bonds is 6. The monoisotopic (exact) mass is 322 g/mol. The third-order valence-corrected chi connectivity index (χ3v) is 5.10. The molecule has 0 spiro atoms. The molecule has 3 atom stereocenters. The lowest BCUT2D eigenvalue weighted by Crippen LogP contribution is -2.51. The molecular formula is C17H26N2O4. The van der Waals surface area contributed by atoms with Crippen LogP contribution in [0.1, 0.15) is 44.9 Å². The first-order chi connectivity index (χ1) is 11.2. The second-order valence-corrected chi connectivity index (χ2v) is 6.84. The molecule has 23 heavy (non-hydrogen) atoms. The largest absolute Gasteiger partial charge is 0.394 e. The summed E-state index contributed by atoms with van der Waals surface area (Å²) in [6.45, 7) is -0.180. The van der Waals surface area contributed by atoms with Crippen molar-refractivity contribution in [2.24, 2.45) is 5.92 Å². The minimum absolute atomic E-state index is 0.0157. The van der Waals surface area contributed by atoms with Crippen molar-refractivity contribution in [3.8, 4) is 0 Å². The van der Waals surface area contributed by atoms with Crippen LogP contribution in [0.4, 0.5) is 0 Å². The van der Waals surface area contributed by atoms with E-state index in [0.717, 1.165) is 32.1 Å². The van der Waals surface area contributed by atoms with E-state index in [2.05, 4.69) is 10.6 Å². The topological polar surface area (TPSA) is 87.7 Å². The molecule has 6 heteroatoms. The van der Waals surface area contributed by atoms with Gasteiger partial charge in [-0.15, -0.1) is 0 Å². The second kappa shape index (κ2) is 7.45. The van der Waals surface area contributed by atoms with Crippen molar-refractivity contribution in [3.05, 3.63) is 12.2 Å². The molecule has 2 saturated carbocycles. The van der Waals surface area contributed by atoms with Crippen LogP contribution in [0.2, 0.25) is 0 Å². The summed E-state index contributed by atoms with van der Waals surface area (Å²) in [4.78, 5) is 24.0. The average Bonchev–Trinajstić information content (AvgIpc) is 2.42. The van der Waals surface area contributed by atoms with E-state index in [1.807, 2.05) is 12.2 Å². The lowest BCUT2D eigenvalue weighted by atomic mass is 9.84. The Kier molecular flexibility index (Phi) is 5.33. The van der Waals surface area contributed by atoms with Gasteiger partial charge < -0.3 is 20.5 Å². The van der Waals surface area contributed by atoms with E-state index in [-0.39, 0.29) is 42.9 Å². The van der Waals surface area contributed by atoms with E-state index in [1.54, 1.807) is 0 Å². The number of aliphatic hydroxyl groups is 1. The van der Waals surface area contributed by atoms with E-state index in [9.17, 15) is 14.7 Å². The Morgan fingerprint density at radius 3 is 2.39 bits per heavy atom. The van der Waals surface area contributed by atoms with Gasteiger partial charge in [0.2, 0.25) is 11.8 Å². The quantitative estimate of drug-likeness (QED) is 0.627. The van der Waals surface area contributed by atoms with E-state index in [1.165, 1.54) is 6.42 Å². The van der Waals surface area contributed by atoms with Gasteiger partial charge in [0.1, 0.15) is 6.10 Å². The highest BCUT2D eigenvalue weighted by Gasteiger charge is 2.32. The Bertz CT molecular complexity index is 471. The number of carbonyl (C=O) groups is 2. The van der Waals surface area contributed by atoms with E-state index < -0.39 is 6.10 Å². The van der Waals surface area contributed by atoms with Crippen molar-refractivity contribution < 1.29 is 19.4 Å². The van der Waals surface area contributed by atoms with Crippen LogP contribution in [0.3, 0.4) is 0 Å². The minimum Gasteiger partial charge on any atom is -0.394 e. The standard InChI is InChI=1S/C17H26N2O4/c20-10-15-14(19-17(22)11-3-1-4-11)8-7-13(23-15)9-16(21)18-12-5-2-6-12/h7-8,11-15,20H,1-6,9-10H2,(H,18,21)(H,19,22)/t13-,14+,15-/m1/s1. The van der Waals surface area contributed by atoms with Crippen molar-refractivity contribution in [1.82, 2.24) is 10.6 Å². The lowest BCUT2D eigenvalue weighted by Gasteiger charge is -2.34. The Balaban J connectivity index is 1.49. The molecular weight excluding hydrogens is 296 g/mol. The highest BCUT2D eigenvalue weighted by atomic mass is 16.5. The predicted octanol–water partition coefficient (Wildman–Crippen LogP) is 0.646. The van der Waals surface area contributed by atoms with E-state index >= 15 is 0 Å². The highest BCUT2D eigenvalue weighted by Crippen LogP contribution is 2.27. The maximum absolute atomic E-state index is 12.0. The Labute approximate surface area is 136 Å². The number of aliphatic hydroxyl groups excluding tert-OH is 1. The first-order valence-electron chi connectivity index (χ1n) is 8.70. The molecule has 3 N–H and O–H groups in total. The fourth-order valence-corrected chi connectivity index (χ4v) is 3.11. The summed E-state index contributed by atoms with van der Waals surface area (Å²) >= 11 is 0. The van der Waals surface area contributed by atoms with Crippen LogP contribution in [-0.4, -0.2) is 47.8 Å². The van der Waals surface area contributed by atoms with Crippen LogP contribution in [0, 0.1) is 5.92 Å². The molecule has 3 aliphatic rings. The zero-order valence-electron chi connectivity index (χ0n) is 13.4. The van der Waals surface area contributed by atoms with Crippen molar-refractivity contribution in [1.29, 1.82) is 0 Å².